The third kappa shape index (κ3) is 3.38. The van der Waals surface area contributed by atoms with Gasteiger partial charge in [0.25, 0.3) is 0 Å². The van der Waals surface area contributed by atoms with Crippen LogP contribution in [0.3, 0.4) is 0 Å². The minimum Gasteiger partial charge on any atom is -0.491 e. The van der Waals surface area contributed by atoms with E-state index in [4.69, 9.17) is 10.5 Å². The second-order valence-electron chi connectivity index (χ2n) is 4.72. The summed E-state index contributed by atoms with van der Waals surface area (Å²) >= 11 is 0. The SMILES string of the molecule is CC(C)Oc1cccc(N)c1C(C#N)C(=O)N(C)C. The highest BCUT2D eigenvalue weighted by atomic mass is 16.5. The van der Waals surface area contributed by atoms with Gasteiger partial charge in [0, 0.05) is 25.3 Å². The molecule has 0 radical (unpaired) electrons. The molecule has 0 aliphatic rings. The lowest BCUT2D eigenvalue weighted by Crippen LogP contribution is -2.28. The van der Waals surface area contributed by atoms with Crippen molar-refractivity contribution in [3.8, 4) is 11.8 Å². The van der Waals surface area contributed by atoms with Crippen LogP contribution in [0.25, 0.3) is 0 Å². The van der Waals surface area contributed by atoms with E-state index in [1.54, 1.807) is 32.3 Å². The van der Waals surface area contributed by atoms with Crippen molar-refractivity contribution in [1.82, 2.24) is 4.90 Å². The Hall–Kier alpha value is -2.22. The molecule has 1 aromatic carbocycles. The molecule has 0 aromatic heterocycles. The van der Waals surface area contributed by atoms with E-state index in [1.165, 1.54) is 4.90 Å². The van der Waals surface area contributed by atoms with Gasteiger partial charge in [-0.3, -0.25) is 4.79 Å². The Morgan fingerprint density at radius 3 is 2.53 bits per heavy atom. The number of benzene rings is 1. The fraction of sp³-hybridized carbons (Fsp3) is 0.429. The monoisotopic (exact) mass is 261 g/mol. The van der Waals surface area contributed by atoms with Crippen LogP contribution in [0.1, 0.15) is 25.3 Å². The molecule has 0 saturated heterocycles. The van der Waals surface area contributed by atoms with Crippen molar-refractivity contribution in [3.05, 3.63) is 23.8 Å². The van der Waals surface area contributed by atoms with Crippen LogP contribution in [-0.2, 0) is 4.79 Å². The van der Waals surface area contributed by atoms with Crippen LogP contribution >= 0.6 is 0 Å². The summed E-state index contributed by atoms with van der Waals surface area (Å²) in [5.41, 5.74) is 6.74. The summed E-state index contributed by atoms with van der Waals surface area (Å²) in [7, 11) is 3.21. The van der Waals surface area contributed by atoms with E-state index in [0.717, 1.165) is 0 Å². The van der Waals surface area contributed by atoms with E-state index in [1.807, 2.05) is 19.9 Å². The number of hydrogen-bond acceptors (Lipinski definition) is 4. The molecule has 1 rings (SSSR count). The summed E-state index contributed by atoms with van der Waals surface area (Å²) in [5, 5.41) is 9.27. The van der Waals surface area contributed by atoms with Gasteiger partial charge in [0.05, 0.1) is 12.2 Å². The molecule has 0 aliphatic carbocycles. The van der Waals surface area contributed by atoms with Gasteiger partial charge in [-0.05, 0) is 26.0 Å². The second kappa shape index (κ2) is 6.10. The van der Waals surface area contributed by atoms with Gasteiger partial charge in [-0.1, -0.05) is 6.07 Å². The van der Waals surface area contributed by atoms with Gasteiger partial charge in [-0.2, -0.15) is 5.26 Å². The third-order valence-corrected chi connectivity index (χ3v) is 2.57. The molecule has 19 heavy (non-hydrogen) atoms. The maximum Gasteiger partial charge on any atom is 0.244 e. The smallest absolute Gasteiger partial charge is 0.244 e. The Kier molecular flexibility index (Phi) is 4.76. The van der Waals surface area contributed by atoms with Crippen molar-refractivity contribution in [3.63, 3.8) is 0 Å². The molecule has 102 valence electrons. The van der Waals surface area contributed by atoms with Gasteiger partial charge in [-0.15, -0.1) is 0 Å². The Morgan fingerprint density at radius 2 is 2.05 bits per heavy atom. The quantitative estimate of drug-likeness (QED) is 0.837. The average molecular weight is 261 g/mol. The number of carbonyl (C=O) groups excluding carboxylic acids is 1. The van der Waals surface area contributed by atoms with Crippen molar-refractivity contribution in [1.29, 1.82) is 5.26 Å². The maximum atomic E-state index is 12.1. The van der Waals surface area contributed by atoms with Crippen LogP contribution in [0.4, 0.5) is 5.69 Å². The number of rotatable bonds is 4. The van der Waals surface area contributed by atoms with Crippen molar-refractivity contribution in [2.24, 2.45) is 0 Å². The van der Waals surface area contributed by atoms with Gasteiger partial charge in [0.15, 0.2) is 5.92 Å². The van der Waals surface area contributed by atoms with Crippen LogP contribution < -0.4 is 10.5 Å². The molecule has 0 saturated carbocycles. The first-order chi connectivity index (χ1) is 8.88. The number of amides is 1. The van der Waals surface area contributed by atoms with E-state index in [2.05, 4.69) is 0 Å². The summed E-state index contributed by atoms with van der Waals surface area (Å²) in [6, 6.07) is 7.13. The van der Waals surface area contributed by atoms with E-state index in [9.17, 15) is 10.1 Å². The van der Waals surface area contributed by atoms with Crippen LogP contribution in [0, 0.1) is 11.3 Å². The zero-order chi connectivity index (χ0) is 14.6. The predicted octanol–water partition coefficient (Wildman–Crippen LogP) is 1.75. The normalized spacial score (nSPS) is 11.8. The molecule has 0 heterocycles. The zero-order valence-corrected chi connectivity index (χ0v) is 11.7. The summed E-state index contributed by atoms with van der Waals surface area (Å²) < 4.78 is 5.64. The Labute approximate surface area is 113 Å². The molecule has 0 fully saturated rings. The van der Waals surface area contributed by atoms with Crippen LogP contribution in [0.15, 0.2) is 18.2 Å². The standard InChI is InChI=1S/C14H19N3O2/c1-9(2)19-12-7-5-6-11(16)13(12)10(8-15)14(18)17(3)4/h5-7,9-10H,16H2,1-4H3. The highest BCUT2D eigenvalue weighted by molar-refractivity contribution is 5.88. The van der Waals surface area contributed by atoms with Crippen molar-refractivity contribution >= 4 is 11.6 Å². The number of ether oxygens (including phenoxy) is 1. The first kappa shape index (κ1) is 14.8. The van der Waals surface area contributed by atoms with Gasteiger partial charge < -0.3 is 15.4 Å². The lowest BCUT2D eigenvalue weighted by Gasteiger charge is -2.20. The topological polar surface area (TPSA) is 79.3 Å². The Balaban J connectivity index is 3.30. The Morgan fingerprint density at radius 1 is 1.42 bits per heavy atom. The molecule has 0 spiro atoms. The molecule has 5 heteroatoms. The maximum absolute atomic E-state index is 12.1. The number of nitriles is 1. The molecule has 5 nitrogen and oxygen atoms in total. The number of likely N-dealkylation sites (N-methyl/N-ethyl adjacent to an activating group) is 1. The minimum atomic E-state index is -0.954. The molecule has 1 aromatic rings. The molecule has 0 aliphatic heterocycles. The number of anilines is 1. The molecule has 1 amide bonds. The summed E-state index contributed by atoms with van der Waals surface area (Å²) in [6.07, 6.45) is -0.0608. The van der Waals surface area contributed by atoms with E-state index in [-0.39, 0.29) is 12.0 Å². The van der Waals surface area contributed by atoms with Gasteiger partial charge >= 0.3 is 0 Å². The van der Waals surface area contributed by atoms with E-state index in [0.29, 0.717) is 17.0 Å². The third-order valence-electron chi connectivity index (χ3n) is 2.57. The fourth-order valence-electron chi connectivity index (χ4n) is 1.73. The largest absolute Gasteiger partial charge is 0.491 e. The van der Waals surface area contributed by atoms with Gasteiger partial charge in [0.2, 0.25) is 5.91 Å². The van der Waals surface area contributed by atoms with Crippen molar-refractivity contribution in [2.75, 3.05) is 19.8 Å². The summed E-state index contributed by atoms with van der Waals surface area (Å²) in [5.74, 6) is -0.782. The number of hydrogen-bond donors (Lipinski definition) is 1. The second-order valence-corrected chi connectivity index (χ2v) is 4.72. The first-order valence-electron chi connectivity index (χ1n) is 6.04. The van der Waals surface area contributed by atoms with Crippen LogP contribution in [0.2, 0.25) is 0 Å². The number of nitrogens with zero attached hydrogens (tertiary/aromatic N) is 2. The van der Waals surface area contributed by atoms with Crippen molar-refractivity contribution in [2.45, 2.75) is 25.9 Å². The highest BCUT2D eigenvalue weighted by Crippen LogP contribution is 2.33. The van der Waals surface area contributed by atoms with Crippen LogP contribution in [-0.4, -0.2) is 31.0 Å². The summed E-state index contributed by atoms with van der Waals surface area (Å²) in [4.78, 5) is 13.4. The summed E-state index contributed by atoms with van der Waals surface area (Å²) in [6.45, 7) is 3.75. The lowest BCUT2D eigenvalue weighted by molar-refractivity contribution is -0.129. The lowest BCUT2D eigenvalue weighted by atomic mass is 9.96. The Bertz CT molecular complexity index is 504. The zero-order valence-electron chi connectivity index (χ0n) is 11.7. The highest BCUT2D eigenvalue weighted by Gasteiger charge is 2.27. The van der Waals surface area contributed by atoms with Crippen LogP contribution in [0.5, 0.6) is 5.75 Å². The molecular formula is C14H19N3O2. The average Bonchev–Trinajstić information content (AvgIpc) is 2.32. The number of nitrogens with two attached hydrogens (primary N) is 1. The molecule has 1 atom stereocenters. The van der Waals surface area contributed by atoms with E-state index < -0.39 is 5.92 Å². The minimum absolute atomic E-state index is 0.0608. The predicted molar refractivity (Wildman–Crippen MR) is 73.7 cm³/mol. The molecule has 1 unspecified atom stereocenters. The fourth-order valence-corrected chi connectivity index (χ4v) is 1.73. The molecule has 0 bridgehead atoms. The number of nitrogen functional groups attached to an aromatic ring is 1. The van der Waals surface area contributed by atoms with Crippen molar-refractivity contribution < 1.29 is 9.53 Å². The van der Waals surface area contributed by atoms with Gasteiger partial charge in [0.1, 0.15) is 5.75 Å². The molecule has 2 N–H and O–H groups in total. The first-order valence-corrected chi connectivity index (χ1v) is 6.04. The molecular weight excluding hydrogens is 242 g/mol. The number of carbonyl (C=O) groups is 1. The van der Waals surface area contributed by atoms with E-state index >= 15 is 0 Å². The van der Waals surface area contributed by atoms with Gasteiger partial charge in [-0.25, -0.2) is 0 Å².